The minimum Gasteiger partial charge on any atom is -1.00 e. The van der Waals surface area contributed by atoms with Crippen molar-refractivity contribution in [2.75, 3.05) is 0 Å². The zero-order chi connectivity index (χ0) is 5.82. The van der Waals surface area contributed by atoms with Gasteiger partial charge in [0.2, 0.25) is 0 Å². The molecule has 1 heterocycles. The highest BCUT2D eigenvalue weighted by molar-refractivity contribution is 9.08. The van der Waals surface area contributed by atoms with Crippen LogP contribution < -0.4 is 22.0 Å². The minimum atomic E-state index is 0. The van der Waals surface area contributed by atoms with Crippen LogP contribution in [0.2, 0.25) is 0 Å². The molecule has 0 atom stereocenters. The van der Waals surface area contributed by atoms with Gasteiger partial charge in [-0.1, -0.05) is 15.9 Å². The molecule has 0 spiro atoms. The van der Waals surface area contributed by atoms with Crippen molar-refractivity contribution in [1.82, 2.24) is 0 Å². The Hall–Kier alpha value is 0.110. The van der Waals surface area contributed by atoms with Crippen molar-refractivity contribution in [3.63, 3.8) is 0 Å². The van der Waals surface area contributed by atoms with E-state index in [0.29, 0.717) is 0 Å². The highest BCUT2D eigenvalue weighted by Gasteiger charge is 1.85. The topological polar surface area (TPSA) is 14.1 Å². The predicted octanol–water partition coefficient (Wildman–Crippen LogP) is -1.60. The number of H-pyrrole nitrogens is 1. The number of aromatic amines is 1. The summed E-state index contributed by atoms with van der Waals surface area (Å²) in [4.78, 5) is 2.95. The standard InChI is InChI=1S/C6H6BrN.BrH/c7-5-6-1-3-8-4-2-6;/h1-4H,5H2;1H. The molecule has 0 unspecified atom stereocenters. The molecule has 0 aliphatic heterocycles. The molecule has 0 radical (unpaired) electrons. The fourth-order valence-corrected chi connectivity index (χ4v) is 0.884. The first-order valence-corrected chi connectivity index (χ1v) is 3.56. The van der Waals surface area contributed by atoms with Crippen LogP contribution in [0.25, 0.3) is 0 Å². The lowest BCUT2D eigenvalue weighted by molar-refractivity contribution is -0.378. The van der Waals surface area contributed by atoms with Gasteiger partial charge in [0, 0.05) is 17.5 Å². The molecule has 1 aromatic rings. The van der Waals surface area contributed by atoms with E-state index in [-0.39, 0.29) is 17.0 Å². The van der Waals surface area contributed by atoms with Crippen LogP contribution in [-0.2, 0) is 5.33 Å². The predicted molar refractivity (Wildman–Crippen MR) is 35.6 cm³/mol. The number of rotatable bonds is 1. The molecule has 50 valence electrons. The lowest BCUT2D eigenvalue weighted by atomic mass is 10.3. The number of hydrogen-bond acceptors (Lipinski definition) is 0. The molecule has 0 bridgehead atoms. The molecule has 9 heavy (non-hydrogen) atoms. The maximum Gasteiger partial charge on any atom is 0.167 e. The molecule has 0 aliphatic carbocycles. The Morgan fingerprint density at radius 1 is 1.33 bits per heavy atom. The summed E-state index contributed by atoms with van der Waals surface area (Å²) in [5.74, 6) is 0. The number of hydrogen-bond donors (Lipinski definition) is 0. The quantitative estimate of drug-likeness (QED) is 0.535. The zero-order valence-electron chi connectivity index (χ0n) is 4.77. The van der Waals surface area contributed by atoms with Gasteiger partial charge >= 0.3 is 0 Å². The highest BCUT2D eigenvalue weighted by atomic mass is 79.9. The van der Waals surface area contributed by atoms with E-state index in [9.17, 15) is 0 Å². The van der Waals surface area contributed by atoms with Gasteiger partial charge in [0.05, 0.1) is 0 Å². The second kappa shape index (κ2) is 4.94. The molecule has 3 heteroatoms. The van der Waals surface area contributed by atoms with Crippen molar-refractivity contribution in [3.05, 3.63) is 30.1 Å². The van der Waals surface area contributed by atoms with Crippen molar-refractivity contribution in [1.29, 1.82) is 0 Å². The summed E-state index contributed by atoms with van der Waals surface area (Å²) in [5.41, 5.74) is 1.30. The zero-order valence-corrected chi connectivity index (χ0v) is 7.94. The van der Waals surface area contributed by atoms with Crippen LogP contribution >= 0.6 is 15.9 Å². The Morgan fingerprint density at radius 2 is 1.89 bits per heavy atom. The molecule has 0 saturated heterocycles. The molecule has 0 aliphatic rings. The molecular weight excluding hydrogens is 246 g/mol. The molecule has 1 nitrogen and oxygen atoms in total. The first-order valence-electron chi connectivity index (χ1n) is 2.44. The van der Waals surface area contributed by atoms with E-state index < -0.39 is 0 Å². The van der Waals surface area contributed by atoms with Gasteiger partial charge in [-0.3, -0.25) is 0 Å². The maximum absolute atomic E-state index is 3.34. The van der Waals surface area contributed by atoms with E-state index in [4.69, 9.17) is 0 Å². The number of aromatic nitrogens is 1. The largest absolute Gasteiger partial charge is 1.00 e. The summed E-state index contributed by atoms with van der Waals surface area (Å²) in [7, 11) is 0. The van der Waals surface area contributed by atoms with Crippen molar-refractivity contribution in [2.24, 2.45) is 0 Å². The van der Waals surface area contributed by atoms with Gasteiger partial charge < -0.3 is 17.0 Å². The van der Waals surface area contributed by atoms with E-state index in [0.717, 1.165) is 5.33 Å². The third-order valence-electron chi connectivity index (χ3n) is 0.942. The number of alkyl halides is 1. The van der Waals surface area contributed by atoms with Crippen LogP contribution in [0.5, 0.6) is 0 Å². The molecule has 1 aromatic heterocycles. The summed E-state index contributed by atoms with van der Waals surface area (Å²) in [6.07, 6.45) is 3.83. The summed E-state index contributed by atoms with van der Waals surface area (Å²) >= 11 is 3.34. The van der Waals surface area contributed by atoms with Gasteiger partial charge in [0.15, 0.2) is 12.4 Å². The van der Waals surface area contributed by atoms with Gasteiger partial charge in [0.25, 0.3) is 0 Å². The number of pyridine rings is 1. The lowest BCUT2D eigenvalue weighted by Crippen LogP contribution is -3.00. The van der Waals surface area contributed by atoms with E-state index in [1.54, 1.807) is 0 Å². The second-order valence-corrected chi connectivity index (χ2v) is 2.10. The van der Waals surface area contributed by atoms with E-state index in [1.165, 1.54) is 5.56 Å². The molecular formula is C6H7Br2N. The van der Waals surface area contributed by atoms with Gasteiger partial charge in [-0.25, -0.2) is 4.98 Å². The van der Waals surface area contributed by atoms with Crippen LogP contribution in [0.4, 0.5) is 0 Å². The van der Waals surface area contributed by atoms with E-state index in [1.807, 2.05) is 24.5 Å². The van der Waals surface area contributed by atoms with Crippen molar-refractivity contribution in [3.8, 4) is 0 Å². The Labute approximate surface area is 73.4 Å². The van der Waals surface area contributed by atoms with Gasteiger partial charge in [-0.15, -0.1) is 0 Å². The van der Waals surface area contributed by atoms with Gasteiger partial charge in [-0.2, -0.15) is 0 Å². The Morgan fingerprint density at radius 3 is 2.22 bits per heavy atom. The molecule has 0 fully saturated rings. The average Bonchev–Trinajstić information content (AvgIpc) is 1.90. The molecule has 0 amide bonds. The Kier molecular flexibility index (Phi) is 5.00. The van der Waals surface area contributed by atoms with Crippen molar-refractivity contribution in [2.45, 2.75) is 5.33 Å². The summed E-state index contributed by atoms with van der Waals surface area (Å²) in [6.45, 7) is 0. The smallest absolute Gasteiger partial charge is 0.167 e. The number of nitrogens with one attached hydrogen (secondary N) is 1. The second-order valence-electron chi connectivity index (χ2n) is 1.54. The minimum absolute atomic E-state index is 0. The van der Waals surface area contributed by atoms with Gasteiger partial charge in [0.1, 0.15) is 0 Å². The number of halogens is 2. The monoisotopic (exact) mass is 251 g/mol. The van der Waals surface area contributed by atoms with E-state index in [2.05, 4.69) is 20.9 Å². The van der Waals surface area contributed by atoms with Crippen LogP contribution in [0, 0.1) is 0 Å². The fourth-order valence-electron chi connectivity index (χ4n) is 0.510. The summed E-state index contributed by atoms with van der Waals surface area (Å²) in [5, 5.41) is 0.932. The molecule has 1 rings (SSSR count). The Bertz CT molecular complexity index is 152. The molecule has 0 saturated carbocycles. The first-order chi connectivity index (χ1) is 3.93. The van der Waals surface area contributed by atoms with Crippen molar-refractivity contribution < 1.29 is 22.0 Å². The van der Waals surface area contributed by atoms with Gasteiger partial charge in [-0.05, 0) is 5.56 Å². The average molecular weight is 253 g/mol. The third-order valence-corrected chi connectivity index (χ3v) is 1.59. The highest BCUT2D eigenvalue weighted by Crippen LogP contribution is 1.99. The van der Waals surface area contributed by atoms with Crippen LogP contribution in [0.3, 0.4) is 0 Å². The fraction of sp³-hybridized carbons (Fsp3) is 0.167. The first kappa shape index (κ1) is 9.11. The molecule has 1 N–H and O–H groups in total. The normalized spacial score (nSPS) is 8.11. The SMILES string of the molecule is BrCc1cc[nH+]cc1.[Br-]. The maximum atomic E-state index is 3.34. The third kappa shape index (κ3) is 2.96. The van der Waals surface area contributed by atoms with Crippen LogP contribution in [-0.4, -0.2) is 0 Å². The van der Waals surface area contributed by atoms with Crippen LogP contribution in [0.15, 0.2) is 24.5 Å². The molecule has 0 aromatic carbocycles. The van der Waals surface area contributed by atoms with Crippen molar-refractivity contribution >= 4 is 15.9 Å². The summed E-state index contributed by atoms with van der Waals surface area (Å²) < 4.78 is 0. The Balaban J connectivity index is 0.000000640. The van der Waals surface area contributed by atoms with E-state index >= 15 is 0 Å². The van der Waals surface area contributed by atoms with Crippen LogP contribution in [0.1, 0.15) is 5.56 Å². The summed E-state index contributed by atoms with van der Waals surface area (Å²) in [6, 6.07) is 4.07. The lowest BCUT2D eigenvalue weighted by Gasteiger charge is -1.84.